The van der Waals surface area contributed by atoms with E-state index < -0.39 is 4.92 Å². The average molecular weight is 295 g/mol. The SMILES string of the molecule is CCNc1ncnc(N(CCCO)C2CCC2)c1[N+](=O)[O-]. The Morgan fingerprint density at radius 2 is 2.29 bits per heavy atom. The van der Waals surface area contributed by atoms with Crippen molar-refractivity contribution in [1.82, 2.24) is 9.97 Å². The van der Waals surface area contributed by atoms with Gasteiger partial charge in [0.15, 0.2) is 0 Å². The number of nitro groups is 1. The molecule has 1 aromatic rings. The lowest BCUT2D eigenvalue weighted by atomic mass is 9.91. The van der Waals surface area contributed by atoms with E-state index in [1.807, 2.05) is 11.8 Å². The lowest BCUT2D eigenvalue weighted by Crippen LogP contribution is -2.42. The molecule has 1 heterocycles. The summed E-state index contributed by atoms with van der Waals surface area (Å²) in [6, 6.07) is 0.264. The van der Waals surface area contributed by atoms with E-state index in [9.17, 15) is 10.1 Å². The molecule has 0 saturated heterocycles. The summed E-state index contributed by atoms with van der Waals surface area (Å²) in [5, 5.41) is 23.4. The lowest BCUT2D eigenvalue weighted by molar-refractivity contribution is -0.383. The predicted octanol–water partition coefficient (Wildman–Crippen LogP) is 1.56. The first-order valence-electron chi connectivity index (χ1n) is 7.29. The Labute approximate surface area is 123 Å². The molecule has 1 aliphatic rings. The fraction of sp³-hybridized carbons (Fsp3) is 0.692. The van der Waals surface area contributed by atoms with Gasteiger partial charge in [-0.15, -0.1) is 0 Å². The van der Waals surface area contributed by atoms with Gasteiger partial charge in [-0.05, 0) is 32.6 Å². The quantitative estimate of drug-likeness (QED) is 0.554. The fourth-order valence-corrected chi connectivity index (χ4v) is 2.45. The third kappa shape index (κ3) is 3.38. The van der Waals surface area contributed by atoms with Crippen LogP contribution < -0.4 is 10.2 Å². The van der Waals surface area contributed by atoms with Crippen LogP contribution in [0.5, 0.6) is 0 Å². The van der Waals surface area contributed by atoms with E-state index >= 15 is 0 Å². The molecule has 1 fully saturated rings. The molecule has 8 nitrogen and oxygen atoms in total. The maximum absolute atomic E-state index is 11.4. The smallest absolute Gasteiger partial charge is 0.353 e. The highest BCUT2D eigenvalue weighted by Gasteiger charge is 2.33. The van der Waals surface area contributed by atoms with E-state index in [2.05, 4.69) is 15.3 Å². The Balaban J connectivity index is 2.37. The van der Waals surface area contributed by atoms with Crippen LogP contribution in [-0.4, -0.2) is 45.7 Å². The number of hydrogen-bond donors (Lipinski definition) is 2. The maximum atomic E-state index is 11.4. The summed E-state index contributed by atoms with van der Waals surface area (Å²) in [4.78, 5) is 21.1. The largest absolute Gasteiger partial charge is 0.396 e. The number of aliphatic hydroxyl groups is 1. The molecule has 116 valence electrons. The molecule has 8 heteroatoms. The summed E-state index contributed by atoms with van der Waals surface area (Å²) in [5.74, 6) is 0.602. The normalized spacial score (nSPS) is 14.6. The van der Waals surface area contributed by atoms with Crippen molar-refractivity contribution in [3.8, 4) is 0 Å². The van der Waals surface area contributed by atoms with Crippen molar-refractivity contribution in [3.63, 3.8) is 0 Å². The number of hydrogen-bond acceptors (Lipinski definition) is 7. The number of aromatic nitrogens is 2. The Hall–Kier alpha value is -1.96. The van der Waals surface area contributed by atoms with Crippen LogP contribution >= 0.6 is 0 Å². The minimum atomic E-state index is -0.433. The molecule has 21 heavy (non-hydrogen) atoms. The minimum absolute atomic E-state index is 0.0577. The van der Waals surface area contributed by atoms with Gasteiger partial charge in [0.05, 0.1) is 4.92 Å². The molecular weight excluding hydrogens is 274 g/mol. The molecule has 2 N–H and O–H groups in total. The van der Waals surface area contributed by atoms with Crippen molar-refractivity contribution in [2.75, 3.05) is 29.9 Å². The monoisotopic (exact) mass is 295 g/mol. The zero-order chi connectivity index (χ0) is 15.2. The van der Waals surface area contributed by atoms with E-state index in [0.29, 0.717) is 25.3 Å². The fourth-order valence-electron chi connectivity index (χ4n) is 2.45. The number of aliphatic hydroxyl groups excluding tert-OH is 1. The molecule has 1 aliphatic carbocycles. The number of nitrogens with one attached hydrogen (secondary N) is 1. The van der Waals surface area contributed by atoms with Crippen LogP contribution in [0.2, 0.25) is 0 Å². The van der Waals surface area contributed by atoms with E-state index in [0.717, 1.165) is 19.3 Å². The Morgan fingerprint density at radius 1 is 1.52 bits per heavy atom. The second kappa shape index (κ2) is 7.16. The standard InChI is InChI=1S/C13H21N5O3/c1-2-14-12-11(18(20)21)13(16-9-15-12)17(7-4-8-19)10-5-3-6-10/h9-10,19H,2-8H2,1H3,(H,14,15,16). The Bertz CT molecular complexity index is 493. The molecule has 0 spiro atoms. The maximum Gasteiger partial charge on any atom is 0.353 e. The highest BCUT2D eigenvalue weighted by Crippen LogP contribution is 2.36. The van der Waals surface area contributed by atoms with Gasteiger partial charge in [-0.25, -0.2) is 9.97 Å². The van der Waals surface area contributed by atoms with Gasteiger partial charge < -0.3 is 15.3 Å². The average Bonchev–Trinajstić information content (AvgIpc) is 2.41. The third-order valence-electron chi connectivity index (χ3n) is 3.67. The van der Waals surface area contributed by atoms with Crippen molar-refractivity contribution in [2.24, 2.45) is 0 Å². The molecule has 1 saturated carbocycles. The highest BCUT2D eigenvalue weighted by atomic mass is 16.6. The van der Waals surface area contributed by atoms with Gasteiger partial charge in [0.2, 0.25) is 11.6 Å². The molecule has 0 bridgehead atoms. The van der Waals surface area contributed by atoms with Gasteiger partial charge in [0, 0.05) is 25.7 Å². The molecule has 0 aromatic carbocycles. The summed E-state index contributed by atoms with van der Waals surface area (Å²) in [5.41, 5.74) is -0.0795. The first-order chi connectivity index (χ1) is 10.2. The molecule has 0 amide bonds. The summed E-state index contributed by atoms with van der Waals surface area (Å²) in [6.07, 6.45) is 5.05. The zero-order valence-corrected chi connectivity index (χ0v) is 12.2. The van der Waals surface area contributed by atoms with E-state index in [4.69, 9.17) is 5.11 Å². The first-order valence-corrected chi connectivity index (χ1v) is 7.29. The molecular formula is C13H21N5O3. The van der Waals surface area contributed by atoms with Gasteiger partial charge in [-0.1, -0.05) is 0 Å². The number of nitrogens with zero attached hydrogens (tertiary/aromatic N) is 4. The summed E-state index contributed by atoms with van der Waals surface area (Å²) in [6.45, 7) is 3.03. The predicted molar refractivity (Wildman–Crippen MR) is 79.5 cm³/mol. The Morgan fingerprint density at radius 3 is 2.81 bits per heavy atom. The Kier molecular flexibility index (Phi) is 5.26. The zero-order valence-electron chi connectivity index (χ0n) is 12.2. The third-order valence-corrected chi connectivity index (χ3v) is 3.67. The van der Waals surface area contributed by atoms with Gasteiger partial charge in [-0.3, -0.25) is 10.1 Å². The van der Waals surface area contributed by atoms with Crippen molar-refractivity contribution in [3.05, 3.63) is 16.4 Å². The van der Waals surface area contributed by atoms with Crippen molar-refractivity contribution < 1.29 is 10.0 Å². The van der Waals surface area contributed by atoms with Gasteiger partial charge in [0.1, 0.15) is 6.33 Å². The van der Waals surface area contributed by atoms with Crippen LogP contribution in [0.1, 0.15) is 32.6 Å². The summed E-state index contributed by atoms with van der Waals surface area (Å²) in [7, 11) is 0. The van der Waals surface area contributed by atoms with Crippen LogP contribution in [0, 0.1) is 10.1 Å². The molecule has 2 rings (SSSR count). The first kappa shape index (κ1) is 15.4. The molecule has 0 aliphatic heterocycles. The van der Waals surface area contributed by atoms with Crippen LogP contribution in [0.15, 0.2) is 6.33 Å². The van der Waals surface area contributed by atoms with E-state index in [1.54, 1.807) is 0 Å². The van der Waals surface area contributed by atoms with Crippen molar-refractivity contribution >= 4 is 17.3 Å². The molecule has 0 atom stereocenters. The number of anilines is 2. The summed E-state index contributed by atoms with van der Waals surface area (Å²) < 4.78 is 0. The van der Waals surface area contributed by atoms with Gasteiger partial charge >= 0.3 is 5.69 Å². The van der Waals surface area contributed by atoms with Crippen LogP contribution in [0.3, 0.4) is 0 Å². The van der Waals surface area contributed by atoms with E-state index in [-0.39, 0.29) is 24.2 Å². The van der Waals surface area contributed by atoms with Crippen molar-refractivity contribution in [2.45, 2.75) is 38.6 Å². The van der Waals surface area contributed by atoms with E-state index in [1.165, 1.54) is 6.33 Å². The second-order valence-electron chi connectivity index (χ2n) is 5.04. The lowest BCUT2D eigenvalue weighted by Gasteiger charge is -2.38. The second-order valence-corrected chi connectivity index (χ2v) is 5.04. The topological polar surface area (TPSA) is 104 Å². The van der Waals surface area contributed by atoms with Gasteiger partial charge in [-0.2, -0.15) is 0 Å². The van der Waals surface area contributed by atoms with Crippen LogP contribution in [0.25, 0.3) is 0 Å². The molecule has 0 unspecified atom stereocenters. The summed E-state index contributed by atoms with van der Waals surface area (Å²) >= 11 is 0. The number of rotatable bonds is 8. The van der Waals surface area contributed by atoms with Crippen LogP contribution in [-0.2, 0) is 0 Å². The highest BCUT2D eigenvalue weighted by molar-refractivity contribution is 5.70. The molecule has 1 aromatic heterocycles. The molecule has 0 radical (unpaired) electrons. The minimum Gasteiger partial charge on any atom is -0.396 e. The van der Waals surface area contributed by atoms with Gasteiger partial charge in [0.25, 0.3) is 0 Å². The van der Waals surface area contributed by atoms with Crippen molar-refractivity contribution in [1.29, 1.82) is 0 Å². The van der Waals surface area contributed by atoms with Crippen LogP contribution in [0.4, 0.5) is 17.3 Å².